The molecular weight excluding hydrogens is 212 g/mol. The van der Waals surface area contributed by atoms with Crippen molar-refractivity contribution in [3.05, 3.63) is 34.9 Å². The van der Waals surface area contributed by atoms with Crippen LogP contribution < -0.4 is 0 Å². The molecule has 84 valence electrons. The normalized spacial score (nSPS) is 14.9. The van der Waals surface area contributed by atoms with E-state index in [0.29, 0.717) is 17.0 Å². The summed E-state index contributed by atoms with van der Waals surface area (Å²) in [5.41, 5.74) is 0.600. The molecule has 0 spiro atoms. The number of aliphatic hydroxyl groups is 2. The monoisotopic (exact) mass is 228 g/mol. The summed E-state index contributed by atoms with van der Waals surface area (Å²) in [5, 5.41) is 20.1. The van der Waals surface area contributed by atoms with Gasteiger partial charge in [-0.25, -0.2) is 0 Å². The van der Waals surface area contributed by atoms with Crippen LogP contribution in [0.2, 0.25) is 5.02 Å². The van der Waals surface area contributed by atoms with E-state index in [4.69, 9.17) is 11.6 Å². The zero-order valence-electron chi connectivity index (χ0n) is 8.86. The molecule has 0 aliphatic rings. The molecule has 0 radical (unpaired) electrons. The van der Waals surface area contributed by atoms with Crippen LogP contribution in [0.5, 0.6) is 0 Å². The summed E-state index contributed by atoms with van der Waals surface area (Å²) >= 11 is 5.93. The summed E-state index contributed by atoms with van der Waals surface area (Å²) in [6.45, 7) is 2.05. The van der Waals surface area contributed by atoms with Gasteiger partial charge in [-0.2, -0.15) is 0 Å². The van der Waals surface area contributed by atoms with Crippen molar-refractivity contribution in [2.24, 2.45) is 0 Å². The predicted octanol–water partition coefficient (Wildman–Crippen LogP) is 2.92. The summed E-state index contributed by atoms with van der Waals surface area (Å²) in [4.78, 5) is 0. The average molecular weight is 229 g/mol. The Bertz CT molecular complexity index is 301. The average Bonchev–Trinajstić information content (AvgIpc) is 2.25. The fourth-order valence-corrected chi connectivity index (χ4v) is 1.74. The first-order valence-corrected chi connectivity index (χ1v) is 5.65. The van der Waals surface area contributed by atoms with Crippen molar-refractivity contribution in [2.45, 2.75) is 38.4 Å². The summed E-state index contributed by atoms with van der Waals surface area (Å²) < 4.78 is 0. The van der Waals surface area contributed by atoms with Crippen LogP contribution >= 0.6 is 11.6 Å². The smallest absolute Gasteiger partial charge is 0.106 e. The first-order valence-electron chi connectivity index (χ1n) is 5.27. The standard InChI is InChI=1S/C12H17ClO2/c1-2-3-8-11(14)12(15)9-6-4-5-7-10(9)13/h4-7,11-12,14-15H,2-3,8H2,1H3. The first-order chi connectivity index (χ1) is 7.16. The second-order valence-corrected chi connectivity index (χ2v) is 4.08. The maximum atomic E-state index is 9.86. The van der Waals surface area contributed by atoms with E-state index in [-0.39, 0.29) is 0 Å². The van der Waals surface area contributed by atoms with E-state index >= 15 is 0 Å². The van der Waals surface area contributed by atoms with Crippen LogP contribution in [0.1, 0.15) is 37.9 Å². The number of aliphatic hydroxyl groups excluding tert-OH is 2. The quantitative estimate of drug-likeness (QED) is 0.814. The highest BCUT2D eigenvalue weighted by Crippen LogP contribution is 2.26. The second-order valence-electron chi connectivity index (χ2n) is 3.68. The van der Waals surface area contributed by atoms with Crippen molar-refractivity contribution >= 4 is 11.6 Å². The zero-order valence-corrected chi connectivity index (χ0v) is 9.61. The van der Waals surface area contributed by atoms with E-state index in [1.165, 1.54) is 0 Å². The molecule has 1 rings (SSSR count). The van der Waals surface area contributed by atoms with Gasteiger partial charge >= 0.3 is 0 Å². The molecule has 1 aromatic carbocycles. The summed E-state index contributed by atoms with van der Waals surface area (Å²) in [6, 6.07) is 7.06. The largest absolute Gasteiger partial charge is 0.390 e. The van der Waals surface area contributed by atoms with Gasteiger partial charge in [-0.1, -0.05) is 49.6 Å². The molecule has 2 atom stereocenters. The lowest BCUT2D eigenvalue weighted by molar-refractivity contribution is 0.0123. The molecule has 0 aromatic heterocycles. The molecular formula is C12H17ClO2. The molecule has 0 fully saturated rings. The van der Waals surface area contributed by atoms with Gasteiger partial charge < -0.3 is 10.2 Å². The minimum Gasteiger partial charge on any atom is -0.390 e. The molecule has 15 heavy (non-hydrogen) atoms. The molecule has 0 saturated heterocycles. The van der Waals surface area contributed by atoms with Gasteiger partial charge in [0.05, 0.1) is 6.10 Å². The summed E-state index contributed by atoms with van der Waals surface area (Å²) in [5.74, 6) is 0. The maximum absolute atomic E-state index is 9.86. The van der Waals surface area contributed by atoms with Crippen LogP contribution in [0, 0.1) is 0 Å². The molecule has 0 aliphatic heterocycles. The number of hydrogen-bond acceptors (Lipinski definition) is 2. The third kappa shape index (κ3) is 3.49. The van der Waals surface area contributed by atoms with Gasteiger partial charge in [0.25, 0.3) is 0 Å². The number of halogens is 1. The highest BCUT2D eigenvalue weighted by Gasteiger charge is 2.19. The minimum atomic E-state index is -0.884. The topological polar surface area (TPSA) is 40.5 Å². The van der Waals surface area contributed by atoms with Gasteiger partial charge in [0, 0.05) is 10.6 Å². The molecule has 0 aliphatic carbocycles. The van der Waals surface area contributed by atoms with E-state index in [9.17, 15) is 10.2 Å². The molecule has 2 unspecified atom stereocenters. The van der Waals surface area contributed by atoms with E-state index < -0.39 is 12.2 Å². The molecule has 2 nitrogen and oxygen atoms in total. The number of unbranched alkanes of at least 4 members (excludes halogenated alkanes) is 1. The summed E-state index contributed by atoms with van der Waals surface area (Å²) in [6.07, 6.45) is 0.896. The molecule has 0 saturated carbocycles. The van der Waals surface area contributed by atoms with Gasteiger partial charge in [-0.05, 0) is 12.5 Å². The Morgan fingerprint density at radius 1 is 1.27 bits per heavy atom. The summed E-state index contributed by atoms with van der Waals surface area (Å²) in [7, 11) is 0. The van der Waals surface area contributed by atoms with Gasteiger partial charge in [0.1, 0.15) is 6.10 Å². The molecule has 3 heteroatoms. The van der Waals surface area contributed by atoms with Crippen molar-refractivity contribution < 1.29 is 10.2 Å². The lowest BCUT2D eigenvalue weighted by atomic mass is 10.0. The zero-order chi connectivity index (χ0) is 11.3. The van der Waals surface area contributed by atoms with Crippen molar-refractivity contribution in [3.63, 3.8) is 0 Å². The van der Waals surface area contributed by atoms with Crippen LogP contribution in [-0.4, -0.2) is 16.3 Å². The fourth-order valence-electron chi connectivity index (χ4n) is 1.49. The Kier molecular flexibility index (Phi) is 5.09. The third-order valence-electron chi connectivity index (χ3n) is 2.44. The first kappa shape index (κ1) is 12.5. The van der Waals surface area contributed by atoms with E-state index in [0.717, 1.165) is 12.8 Å². The number of hydrogen-bond donors (Lipinski definition) is 2. The van der Waals surface area contributed by atoms with Gasteiger partial charge in [-0.15, -0.1) is 0 Å². The highest BCUT2D eigenvalue weighted by molar-refractivity contribution is 6.31. The molecule has 0 bridgehead atoms. The van der Waals surface area contributed by atoms with Crippen LogP contribution in [0.4, 0.5) is 0 Å². The van der Waals surface area contributed by atoms with Gasteiger partial charge in [0.2, 0.25) is 0 Å². The molecule has 1 aromatic rings. The predicted molar refractivity (Wildman–Crippen MR) is 61.9 cm³/mol. The Morgan fingerprint density at radius 3 is 2.53 bits per heavy atom. The van der Waals surface area contributed by atoms with Gasteiger partial charge in [0.15, 0.2) is 0 Å². The van der Waals surface area contributed by atoms with Gasteiger partial charge in [-0.3, -0.25) is 0 Å². The van der Waals surface area contributed by atoms with Crippen molar-refractivity contribution in [1.29, 1.82) is 0 Å². The Balaban J connectivity index is 2.67. The SMILES string of the molecule is CCCCC(O)C(O)c1ccccc1Cl. The van der Waals surface area contributed by atoms with E-state index in [2.05, 4.69) is 6.92 Å². The minimum absolute atomic E-state index is 0.501. The third-order valence-corrected chi connectivity index (χ3v) is 2.79. The van der Waals surface area contributed by atoms with Crippen molar-refractivity contribution in [1.82, 2.24) is 0 Å². The fraction of sp³-hybridized carbons (Fsp3) is 0.500. The van der Waals surface area contributed by atoms with E-state index in [1.54, 1.807) is 24.3 Å². The molecule has 2 N–H and O–H groups in total. The second kappa shape index (κ2) is 6.11. The highest BCUT2D eigenvalue weighted by atomic mass is 35.5. The van der Waals surface area contributed by atoms with Crippen LogP contribution in [0.25, 0.3) is 0 Å². The number of rotatable bonds is 5. The Hall–Kier alpha value is -0.570. The van der Waals surface area contributed by atoms with E-state index in [1.807, 2.05) is 0 Å². The van der Waals surface area contributed by atoms with Crippen molar-refractivity contribution in [3.8, 4) is 0 Å². The Labute approximate surface area is 95.5 Å². The number of benzene rings is 1. The van der Waals surface area contributed by atoms with Crippen LogP contribution in [0.3, 0.4) is 0 Å². The molecule has 0 amide bonds. The van der Waals surface area contributed by atoms with Crippen LogP contribution in [0.15, 0.2) is 24.3 Å². The maximum Gasteiger partial charge on any atom is 0.106 e. The lowest BCUT2D eigenvalue weighted by Gasteiger charge is -2.18. The lowest BCUT2D eigenvalue weighted by Crippen LogP contribution is -2.18. The van der Waals surface area contributed by atoms with Crippen molar-refractivity contribution in [2.75, 3.05) is 0 Å². The van der Waals surface area contributed by atoms with Crippen LogP contribution in [-0.2, 0) is 0 Å². The Morgan fingerprint density at radius 2 is 1.93 bits per heavy atom. The molecule has 0 heterocycles.